The molecule has 1 atom stereocenters. The van der Waals surface area contributed by atoms with Crippen molar-refractivity contribution in [1.29, 1.82) is 0 Å². The first-order valence-electron chi connectivity index (χ1n) is 9.01. The van der Waals surface area contributed by atoms with Crippen molar-refractivity contribution in [2.24, 2.45) is 0 Å². The first-order chi connectivity index (χ1) is 12.5. The van der Waals surface area contributed by atoms with Gasteiger partial charge in [-0.1, -0.05) is 18.2 Å². The summed E-state index contributed by atoms with van der Waals surface area (Å²) in [7, 11) is -3.65. The molecule has 136 valence electrons. The van der Waals surface area contributed by atoms with Crippen LogP contribution in [0.5, 0.6) is 0 Å². The van der Waals surface area contributed by atoms with E-state index in [-0.39, 0.29) is 16.8 Å². The maximum Gasteiger partial charge on any atom is 0.264 e. The van der Waals surface area contributed by atoms with Gasteiger partial charge in [0.25, 0.3) is 10.0 Å². The molecule has 1 fully saturated rings. The molecule has 0 saturated carbocycles. The van der Waals surface area contributed by atoms with Gasteiger partial charge < -0.3 is 4.90 Å². The summed E-state index contributed by atoms with van der Waals surface area (Å²) in [6, 6.07) is 14.3. The zero-order chi connectivity index (χ0) is 18.3. The summed E-state index contributed by atoms with van der Waals surface area (Å²) in [6.07, 6.45) is 3.10. The van der Waals surface area contributed by atoms with Gasteiger partial charge in [0.15, 0.2) is 0 Å². The fraction of sp³-hybridized carbons (Fsp3) is 0.350. The maximum absolute atomic E-state index is 13.3. The third-order valence-corrected chi connectivity index (χ3v) is 7.18. The minimum atomic E-state index is -3.65. The van der Waals surface area contributed by atoms with E-state index in [0.29, 0.717) is 13.0 Å². The molecule has 4 rings (SSSR count). The molecule has 1 amide bonds. The highest BCUT2D eigenvalue weighted by molar-refractivity contribution is 7.92. The molecule has 2 aromatic carbocycles. The number of hydrogen-bond donors (Lipinski definition) is 0. The number of amides is 1. The van der Waals surface area contributed by atoms with Crippen molar-refractivity contribution in [3.8, 4) is 0 Å². The van der Waals surface area contributed by atoms with E-state index in [4.69, 9.17) is 0 Å². The van der Waals surface area contributed by atoms with Crippen LogP contribution in [0.15, 0.2) is 53.4 Å². The van der Waals surface area contributed by atoms with E-state index in [1.807, 2.05) is 31.2 Å². The molecular formula is C20H22N2O3S. The van der Waals surface area contributed by atoms with Crippen LogP contribution in [0, 0.1) is 0 Å². The third kappa shape index (κ3) is 2.78. The topological polar surface area (TPSA) is 57.7 Å². The summed E-state index contributed by atoms with van der Waals surface area (Å²) < 4.78 is 28.1. The molecule has 0 aliphatic carbocycles. The fourth-order valence-corrected chi connectivity index (χ4v) is 5.58. The van der Waals surface area contributed by atoms with Crippen LogP contribution in [0.25, 0.3) is 0 Å². The number of sulfonamides is 1. The molecule has 0 radical (unpaired) electrons. The average Bonchev–Trinajstić information content (AvgIpc) is 3.07. The second kappa shape index (κ2) is 6.43. The van der Waals surface area contributed by atoms with E-state index in [1.54, 1.807) is 33.5 Å². The quantitative estimate of drug-likeness (QED) is 0.833. The van der Waals surface area contributed by atoms with Crippen molar-refractivity contribution >= 4 is 27.3 Å². The highest BCUT2D eigenvalue weighted by Gasteiger charge is 2.33. The standard InChI is InChI=1S/C20H22N2O3S/c1-15-8-9-16-5-2-3-6-19(16)22(15)26(24,25)18-12-10-17(11-13-18)21-14-4-7-20(21)23/h2-3,5-6,10-13,15H,4,7-9,14H2,1H3/t15-/m0/s1. The second-order valence-corrected chi connectivity index (χ2v) is 8.78. The van der Waals surface area contributed by atoms with Gasteiger partial charge in [-0.15, -0.1) is 0 Å². The van der Waals surface area contributed by atoms with Crippen LogP contribution in [-0.4, -0.2) is 26.9 Å². The molecule has 26 heavy (non-hydrogen) atoms. The Morgan fingerprint density at radius 2 is 1.73 bits per heavy atom. The second-order valence-electron chi connectivity index (χ2n) is 6.96. The number of nitrogens with zero attached hydrogens (tertiary/aromatic N) is 2. The van der Waals surface area contributed by atoms with Crippen molar-refractivity contribution in [2.75, 3.05) is 15.7 Å². The van der Waals surface area contributed by atoms with Gasteiger partial charge in [-0.25, -0.2) is 8.42 Å². The molecular weight excluding hydrogens is 348 g/mol. The number of rotatable bonds is 3. The van der Waals surface area contributed by atoms with Crippen molar-refractivity contribution in [3.05, 3.63) is 54.1 Å². The Hall–Kier alpha value is -2.34. The lowest BCUT2D eigenvalue weighted by Gasteiger charge is -2.36. The normalized spacial score (nSPS) is 20.3. The summed E-state index contributed by atoms with van der Waals surface area (Å²) >= 11 is 0. The minimum absolute atomic E-state index is 0.0882. The smallest absolute Gasteiger partial charge is 0.264 e. The largest absolute Gasteiger partial charge is 0.312 e. The summed E-state index contributed by atoms with van der Waals surface area (Å²) in [5, 5.41) is 0. The molecule has 2 aromatic rings. The van der Waals surface area contributed by atoms with E-state index in [2.05, 4.69) is 0 Å². The molecule has 6 heteroatoms. The zero-order valence-electron chi connectivity index (χ0n) is 14.8. The van der Waals surface area contributed by atoms with E-state index >= 15 is 0 Å². The van der Waals surface area contributed by atoms with E-state index < -0.39 is 10.0 Å². The maximum atomic E-state index is 13.3. The molecule has 0 bridgehead atoms. The Balaban J connectivity index is 1.70. The van der Waals surface area contributed by atoms with Gasteiger partial charge in [-0.3, -0.25) is 9.10 Å². The number of carbonyl (C=O) groups excluding carboxylic acids is 1. The van der Waals surface area contributed by atoms with Gasteiger partial charge in [0.05, 0.1) is 10.6 Å². The Bertz CT molecular complexity index is 938. The van der Waals surface area contributed by atoms with Crippen LogP contribution in [0.2, 0.25) is 0 Å². The van der Waals surface area contributed by atoms with Gasteiger partial charge in [0.2, 0.25) is 5.91 Å². The molecule has 0 aromatic heterocycles. The van der Waals surface area contributed by atoms with Crippen molar-refractivity contribution in [1.82, 2.24) is 0 Å². The van der Waals surface area contributed by atoms with Gasteiger partial charge in [-0.05, 0) is 62.1 Å². The summed E-state index contributed by atoms with van der Waals surface area (Å²) in [6.45, 7) is 2.65. The fourth-order valence-electron chi connectivity index (χ4n) is 3.86. The van der Waals surface area contributed by atoms with Crippen LogP contribution in [0.1, 0.15) is 31.7 Å². The monoisotopic (exact) mass is 370 g/mol. The third-order valence-electron chi connectivity index (χ3n) is 5.24. The molecule has 2 aliphatic heterocycles. The number of aryl methyl sites for hydroxylation is 1. The predicted octanol–water partition coefficient (Wildman–Crippen LogP) is 3.34. The molecule has 2 heterocycles. The number of benzene rings is 2. The minimum Gasteiger partial charge on any atom is -0.312 e. The first-order valence-corrected chi connectivity index (χ1v) is 10.5. The van der Waals surface area contributed by atoms with E-state index in [0.717, 1.165) is 36.2 Å². The lowest BCUT2D eigenvalue weighted by Crippen LogP contribution is -2.42. The Kier molecular flexibility index (Phi) is 4.23. The predicted molar refractivity (Wildman–Crippen MR) is 102 cm³/mol. The van der Waals surface area contributed by atoms with Gasteiger partial charge >= 0.3 is 0 Å². The van der Waals surface area contributed by atoms with Gasteiger partial charge in [-0.2, -0.15) is 0 Å². The Morgan fingerprint density at radius 3 is 2.42 bits per heavy atom. The van der Waals surface area contributed by atoms with E-state index in [1.165, 1.54) is 0 Å². The average molecular weight is 370 g/mol. The molecule has 0 spiro atoms. The van der Waals surface area contributed by atoms with Crippen LogP contribution in [0.4, 0.5) is 11.4 Å². The zero-order valence-corrected chi connectivity index (χ0v) is 15.6. The Labute approximate surface area is 154 Å². The van der Waals surface area contributed by atoms with Crippen molar-refractivity contribution in [2.45, 2.75) is 43.5 Å². The van der Waals surface area contributed by atoms with Crippen molar-refractivity contribution < 1.29 is 13.2 Å². The number of anilines is 2. The van der Waals surface area contributed by atoms with Crippen LogP contribution in [-0.2, 0) is 21.2 Å². The summed E-state index contributed by atoms with van der Waals surface area (Å²) in [4.78, 5) is 13.9. The molecule has 0 N–H and O–H groups in total. The van der Waals surface area contributed by atoms with Gasteiger partial charge in [0.1, 0.15) is 0 Å². The summed E-state index contributed by atoms with van der Waals surface area (Å²) in [5.41, 5.74) is 2.59. The van der Waals surface area contributed by atoms with Gasteiger partial charge in [0, 0.05) is 24.7 Å². The van der Waals surface area contributed by atoms with Crippen LogP contribution < -0.4 is 9.21 Å². The molecule has 5 nitrogen and oxygen atoms in total. The number of fused-ring (bicyclic) bond motifs is 1. The number of carbonyl (C=O) groups is 1. The van der Waals surface area contributed by atoms with Crippen molar-refractivity contribution in [3.63, 3.8) is 0 Å². The number of para-hydroxylation sites is 1. The lowest BCUT2D eigenvalue weighted by molar-refractivity contribution is -0.117. The lowest BCUT2D eigenvalue weighted by atomic mass is 9.99. The Morgan fingerprint density at radius 1 is 1.00 bits per heavy atom. The first kappa shape index (κ1) is 17.1. The number of hydrogen-bond acceptors (Lipinski definition) is 3. The SMILES string of the molecule is C[C@H]1CCc2ccccc2N1S(=O)(=O)c1ccc(N2CCCC2=O)cc1. The molecule has 1 saturated heterocycles. The highest BCUT2D eigenvalue weighted by atomic mass is 32.2. The van der Waals surface area contributed by atoms with Crippen LogP contribution in [0.3, 0.4) is 0 Å². The summed E-state index contributed by atoms with van der Waals surface area (Å²) in [5.74, 6) is 0.0965. The molecule has 2 aliphatic rings. The highest BCUT2D eigenvalue weighted by Crippen LogP contribution is 2.35. The van der Waals surface area contributed by atoms with Crippen LogP contribution >= 0.6 is 0 Å². The van der Waals surface area contributed by atoms with E-state index in [9.17, 15) is 13.2 Å². The molecule has 0 unspecified atom stereocenters.